The van der Waals surface area contributed by atoms with Crippen LogP contribution in [-0.4, -0.2) is 41.1 Å². The lowest BCUT2D eigenvalue weighted by Gasteiger charge is -2.41. The van der Waals surface area contributed by atoms with Gasteiger partial charge in [0.05, 0.1) is 4.91 Å². The van der Waals surface area contributed by atoms with Crippen molar-refractivity contribution in [1.82, 2.24) is 10.2 Å². The molecular formula is C28H31ClN2O2S. The largest absolute Gasteiger partial charge is 0.348 e. The Labute approximate surface area is 211 Å². The number of carbonyl (C=O) groups is 2. The van der Waals surface area contributed by atoms with Gasteiger partial charge < -0.3 is 10.2 Å². The Hall–Kier alpha value is -2.24. The maximum atomic E-state index is 13.3. The summed E-state index contributed by atoms with van der Waals surface area (Å²) >= 11 is 7.75. The third-order valence-electron chi connectivity index (χ3n) is 7.39. The van der Waals surface area contributed by atoms with Crippen LogP contribution in [0.5, 0.6) is 0 Å². The average molecular weight is 495 g/mol. The van der Waals surface area contributed by atoms with E-state index in [1.54, 1.807) is 11.8 Å². The first-order valence-corrected chi connectivity index (χ1v) is 13.6. The van der Waals surface area contributed by atoms with Crippen LogP contribution in [0.15, 0.2) is 59.5 Å². The molecule has 3 aliphatic rings. The molecule has 0 radical (unpaired) electrons. The first kappa shape index (κ1) is 23.5. The van der Waals surface area contributed by atoms with Gasteiger partial charge in [-0.15, -0.1) is 11.8 Å². The number of hydrogen-bond acceptors (Lipinski definition) is 3. The highest BCUT2D eigenvalue weighted by Crippen LogP contribution is 2.40. The molecule has 2 heterocycles. The van der Waals surface area contributed by atoms with Crippen LogP contribution in [0, 0.1) is 11.8 Å². The highest BCUT2D eigenvalue weighted by atomic mass is 35.5. The number of rotatable bonds is 4. The zero-order valence-electron chi connectivity index (χ0n) is 19.3. The van der Waals surface area contributed by atoms with Crippen molar-refractivity contribution in [3.05, 3.63) is 75.7 Å². The molecule has 2 amide bonds. The quantitative estimate of drug-likeness (QED) is 0.566. The van der Waals surface area contributed by atoms with Gasteiger partial charge in [0.1, 0.15) is 0 Å². The standard InChI is InChI=1S/C28H31ClN2O2S/c29-23-8-4-7-21(16-23)17-26-27(32)30-24-18-22(9-10-25(24)34-26)28(33)31-13-11-20(12-14-31)15-19-5-2-1-3-6-19/h1-8,16-17,20,22,24-25H,9-15,18H2,(H,30,32)/b26-17+. The van der Waals surface area contributed by atoms with E-state index in [1.165, 1.54) is 5.56 Å². The zero-order chi connectivity index (χ0) is 23.5. The van der Waals surface area contributed by atoms with Crippen LogP contribution in [0.25, 0.3) is 6.08 Å². The van der Waals surface area contributed by atoms with Crippen molar-refractivity contribution in [2.45, 2.75) is 49.8 Å². The van der Waals surface area contributed by atoms with Gasteiger partial charge in [0, 0.05) is 35.3 Å². The van der Waals surface area contributed by atoms with Crippen LogP contribution >= 0.6 is 23.4 Å². The van der Waals surface area contributed by atoms with Crippen molar-refractivity contribution in [2.24, 2.45) is 11.8 Å². The highest BCUT2D eigenvalue weighted by molar-refractivity contribution is 8.04. The molecule has 3 fully saturated rings. The summed E-state index contributed by atoms with van der Waals surface area (Å²) in [6.07, 6.45) is 7.76. The number of fused-ring (bicyclic) bond motifs is 1. The van der Waals surface area contributed by atoms with Gasteiger partial charge in [0.15, 0.2) is 0 Å². The monoisotopic (exact) mass is 494 g/mol. The van der Waals surface area contributed by atoms with Gasteiger partial charge in [-0.2, -0.15) is 0 Å². The second-order valence-electron chi connectivity index (χ2n) is 9.77. The lowest BCUT2D eigenvalue weighted by atomic mass is 9.83. The first-order chi connectivity index (χ1) is 16.5. The molecule has 4 nitrogen and oxygen atoms in total. The molecule has 1 saturated carbocycles. The number of carbonyl (C=O) groups excluding carboxylic acids is 2. The van der Waals surface area contributed by atoms with Crippen molar-refractivity contribution >= 4 is 41.3 Å². The second kappa shape index (κ2) is 10.6. The molecule has 2 aromatic rings. The Morgan fingerprint density at radius 1 is 1.06 bits per heavy atom. The van der Waals surface area contributed by atoms with Crippen molar-refractivity contribution in [3.63, 3.8) is 0 Å². The molecule has 2 aromatic carbocycles. The molecule has 0 aromatic heterocycles. The van der Waals surface area contributed by atoms with Crippen LogP contribution in [0.2, 0.25) is 5.02 Å². The van der Waals surface area contributed by atoms with Gasteiger partial charge in [-0.05, 0) is 73.8 Å². The summed E-state index contributed by atoms with van der Waals surface area (Å²) in [5.41, 5.74) is 2.32. The zero-order valence-corrected chi connectivity index (χ0v) is 20.9. The Balaban J connectivity index is 1.14. The third kappa shape index (κ3) is 5.52. The van der Waals surface area contributed by atoms with Crippen molar-refractivity contribution in [2.75, 3.05) is 13.1 Å². The smallest absolute Gasteiger partial charge is 0.257 e. The fourth-order valence-electron chi connectivity index (χ4n) is 5.53. The lowest BCUT2D eigenvalue weighted by Crippen LogP contribution is -2.52. The van der Waals surface area contributed by atoms with Gasteiger partial charge in [-0.25, -0.2) is 0 Å². The van der Waals surface area contributed by atoms with E-state index < -0.39 is 0 Å². The number of thioether (sulfide) groups is 1. The van der Waals surface area contributed by atoms with Crippen LogP contribution in [0.1, 0.15) is 43.2 Å². The number of piperidine rings is 1. The molecule has 2 saturated heterocycles. The predicted octanol–water partition coefficient (Wildman–Crippen LogP) is 5.56. The molecule has 2 aliphatic heterocycles. The maximum Gasteiger partial charge on any atom is 0.257 e. The van der Waals surface area contributed by atoms with Gasteiger partial charge in [0.2, 0.25) is 5.91 Å². The lowest BCUT2D eigenvalue weighted by molar-refractivity contribution is -0.138. The van der Waals surface area contributed by atoms with Crippen LogP contribution in [0.4, 0.5) is 0 Å². The summed E-state index contributed by atoms with van der Waals surface area (Å²) in [4.78, 5) is 28.9. The van der Waals surface area contributed by atoms with Gasteiger partial charge >= 0.3 is 0 Å². The summed E-state index contributed by atoms with van der Waals surface area (Å²) in [6.45, 7) is 1.71. The van der Waals surface area contributed by atoms with E-state index in [-0.39, 0.29) is 23.8 Å². The Morgan fingerprint density at radius 3 is 2.62 bits per heavy atom. The molecule has 1 aliphatic carbocycles. The molecule has 6 heteroatoms. The molecular weight excluding hydrogens is 464 g/mol. The van der Waals surface area contributed by atoms with E-state index >= 15 is 0 Å². The van der Waals surface area contributed by atoms with E-state index in [9.17, 15) is 9.59 Å². The Bertz CT molecular complexity index is 1070. The molecule has 5 rings (SSSR count). The summed E-state index contributed by atoms with van der Waals surface area (Å²) in [7, 11) is 0. The van der Waals surface area contributed by atoms with Gasteiger partial charge in [-0.3, -0.25) is 9.59 Å². The number of nitrogens with one attached hydrogen (secondary N) is 1. The number of likely N-dealkylation sites (tertiary alicyclic amines) is 1. The predicted molar refractivity (Wildman–Crippen MR) is 140 cm³/mol. The van der Waals surface area contributed by atoms with Crippen molar-refractivity contribution in [1.29, 1.82) is 0 Å². The Kier molecular flexibility index (Phi) is 7.31. The van der Waals surface area contributed by atoms with Crippen LogP contribution in [0.3, 0.4) is 0 Å². The third-order valence-corrected chi connectivity index (χ3v) is 9.05. The highest BCUT2D eigenvalue weighted by Gasteiger charge is 2.41. The minimum Gasteiger partial charge on any atom is -0.348 e. The molecule has 0 bridgehead atoms. The normalized spacial score (nSPS) is 26.7. The van der Waals surface area contributed by atoms with Crippen LogP contribution in [-0.2, 0) is 16.0 Å². The number of hydrogen-bond donors (Lipinski definition) is 1. The fraction of sp³-hybridized carbons (Fsp3) is 0.429. The molecule has 3 atom stereocenters. The summed E-state index contributed by atoms with van der Waals surface area (Å²) in [5.74, 6) is 0.921. The minimum atomic E-state index is -0.0407. The first-order valence-electron chi connectivity index (χ1n) is 12.3. The number of benzene rings is 2. The molecule has 34 heavy (non-hydrogen) atoms. The topological polar surface area (TPSA) is 49.4 Å². The number of nitrogens with zero attached hydrogens (tertiary/aromatic N) is 1. The van der Waals surface area contributed by atoms with E-state index in [2.05, 4.69) is 40.5 Å². The molecule has 178 valence electrons. The molecule has 1 N–H and O–H groups in total. The van der Waals surface area contributed by atoms with E-state index in [4.69, 9.17) is 11.6 Å². The van der Waals surface area contributed by atoms with E-state index in [1.807, 2.05) is 30.3 Å². The maximum absolute atomic E-state index is 13.3. The number of amides is 2. The summed E-state index contributed by atoms with van der Waals surface area (Å²) in [5, 5.41) is 4.18. The van der Waals surface area contributed by atoms with Gasteiger partial charge in [-0.1, -0.05) is 54.1 Å². The molecule has 0 spiro atoms. The van der Waals surface area contributed by atoms with Crippen LogP contribution < -0.4 is 5.32 Å². The van der Waals surface area contributed by atoms with E-state index in [0.717, 1.165) is 62.1 Å². The van der Waals surface area contributed by atoms with Gasteiger partial charge in [0.25, 0.3) is 5.91 Å². The summed E-state index contributed by atoms with van der Waals surface area (Å²) in [6, 6.07) is 18.3. The Morgan fingerprint density at radius 2 is 1.85 bits per heavy atom. The summed E-state index contributed by atoms with van der Waals surface area (Å²) < 4.78 is 0. The van der Waals surface area contributed by atoms with Crippen molar-refractivity contribution < 1.29 is 9.59 Å². The van der Waals surface area contributed by atoms with Crippen molar-refractivity contribution in [3.8, 4) is 0 Å². The second-order valence-corrected chi connectivity index (χ2v) is 11.5. The minimum absolute atomic E-state index is 0.0197. The molecule has 3 unspecified atom stereocenters. The number of halogens is 1. The average Bonchev–Trinajstić information content (AvgIpc) is 2.85. The fourth-order valence-corrected chi connectivity index (χ4v) is 7.02. The van der Waals surface area contributed by atoms with E-state index in [0.29, 0.717) is 16.2 Å². The SMILES string of the molecule is O=C1NC2CC(C(=O)N3CCC(Cc4ccccc4)CC3)CCC2S/C1=C/c1cccc(Cl)c1.